The van der Waals surface area contributed by atoms with E-state index in [9.17, 15) is 8.42 Å². The molecule has 102 valence electrons. The molecule has 0 amide bonds. The lowest BCUT2D eigenvalue weighted by atomic mass is 9.87. The van der Waals surface area contributed by atoms with Gasteiger partial charge in [-0.3, -0.25) is 0 Å². The van der Waals surface area contributed by atoms with E-state index >= 15 is 0 Å². The molecular weight excluding hydrogens is 272 g/mol. The molecular formula is C10H18N4O2S2. The molecule has 0 unspecified atom stereocenters. The standard InChI is InChI=1S/C10H18N4O2S2/c1-7-3-5-8(6-4-7)14(2)18(15,16)10-13-12-9(11)17-10/h7-8H,3-6H2,1-2H3,(H2,11,12). The highest BCUT2D eigenvalue weighted by atomic mass is 32.2. The minimum absolute atomic E-state index is 0.0129. The lowest BCUT2D eigenvalue weighted by Crippen LogP contribution is -2.39. The van der Waals surface area contributed by atoms with Crippen LogP contribution in [-0.2, 0) is 10.0 Å². The molecule has 0 atom stereocenters. The zero-order valence-electron chi connectivity index (χ0n) is 10.5. The Morgan fingerprint density at radius 2 is 1.89 bits per heavy atom. The van der Waals surface area contributed by atoms with Crippen molar-refractivity contribution >= 4 is 26.5 Å². The molecule has 6 nitrogen and oxygen atoms in total. The number of nitrogen functional groups attached to an aromatic ring is 1. The van der Waals surface area contributed by atoms with Crippen LogP contribution in [0.3, 0.4) is 0 Å². The maximum atomic E-state index is 12.3. The number of anilines is 1. The van der Waals surface area contributed by atoms with Gasteiger partial charge in [-0.15, -0.1) is 10.2 Å². The van der Waals surface area contributed by atoms with Gasteiger partial charge in [-0.2, -0.15) is 4.31 Å². The first-order chi connectivity index (χ1) is 8.41. The second-order valence-corrected chi connectivity index (χ2v) is 8.02. The van der Waals surface area contributed by atoms with Crippen LogP contribution in [0.1, 0.15) is 32.6 Å². The van der Waals surface area contributed by atoms with Crippen LogP contribution in [0.4, 0.5) is 5.13 Å². The Balaban J connectivity index is 2.15. The Morgan fingerprint density at radius 3 is 2.39 bits per heavy atom. The van der Waals surface area contributed by atoms with Gasteiger partial charge in [0.25, 0.3) is 10.0 Å². The summed E-state index contributed by atoms with van der Waals surface area (Å²) >= 11 is 0.913. The lowest BCUT2D eigenvalue weighted by molar-refractivity contribution is 0.246. The molecule has 0 aliphatic heterocycles. The highest BCUT2D eigenvalue weighted by Crippen LogP contribution is 2.30. The van der Waals surface area contributed by atoms with Crippen LogP contribution in [-0.4, -0.2) is 36.0 Å². The molecule has 18 heavy (non-hydrogen) atoms. The molecule has 0 spiro atoms. The van der Waals surface area contributed by atoms with Gasteiger partial charge in [-0.1, -0.05) is 18.3 Å². The van der Waals surface area contributed by atoms with Gasteiger partial charge in [0, 0.05) is 13.1 Å². The number of sulfonamides is 1. The molecule has 1 aliphatic rings. The highest BCUT2D eigenvalue weighted by molar-refractivity contribution is 7.91. The zero-order valence-corrected chi connectivity index (χ0v) is 12.2. The Kier molecular flexibility index (Phi) is 3.88. The number of nitrogens with zero attached hydrogens (tertiary/aromatic N) is 3. The van der Waals surface area contributed by atoms with Crippen LogP contribution in [0.25, 0.3) is 0 Å². The Labute approximate surface area is 111 Å². The Morgan fingerprint density at radius 1 is 1.28 bits per heavy atom. The predicted octanol–water partition coefficient (Wildman–Crippen LogP) is 1.32. The molecule has 2 N–H and O–H groups in total. The molecule has 0 aromatic carbocycles. The average molecular weight is 290 g/mol. The quantitative estimate of drug-likeness (QED) is 0.907. The fraction of sp³-hybridized carbons (Fsp3) is 0.800. The SMILES string of the molecule is CC1CCC(N(C)S(=O)(=O)c2nnc(N)s2)CC1. The summed E-state index contributed by atoms with van der Waals surface area (Å²) < 4.78 is 26.0. The van der Waals surface area contributed by atoms with Gasteiger partial charge in [-0.25, -0.2) is 8.42 Å². The van der Waals surface area contributed by atoms with E-state index in [-0.39, 0.29) is 15.5 Å². The van der Waals surface area contributed by atoms with Crippen molar-refractivity contribution < 1.29 is 8.42 Å². The van der Waals surface area contributed by atoms with Gasteiger partial charge in [0.05, 0.1) is 0 Å². The number of nitrogens with two attached hydrogens (primary N) is 1. The minimum Gasteiger partial charge on any atom is -0.374 e. The maximum Gasteiger partial charge on any atom is 0.272 e. The van der Waals surface area contributed by atoms with E-state index in [1.807, 2.05) is 0 Å². The van der Waals surface area contributed by atoms with E-state index in [2.05, 4.69) is 17.1 Å². The van der Waals surface area contributed by atoms with Crippen molar-refractivity contribution in [2.75, 3.05) is 12.8 Å². The van der Waals surface area contributed by atoms with E-state index in [1.54, 1.807) is 7.05 Å². The van der Waals surface area contributed by atoms with Gasteiger partial charge in [-0.05, 0) is 31.6 Å². The van der Waals surface area contributed by atoms with Crippen LogP contribution in [0.5, 0.6) is 0 Å². The van der Waals surface area contributed by atoms with Crippen LogP contribution in [0.15, 0.2) is 4.34 Å². The third-order valence-electron chi connectivity index (χ3n) is 3.52. The lowest BCUT2D eigenvalue weighted by Gasteiger charge is -2.32. The summed E-state index contributed by atoms with van der Waals surface area (Å²) in [4.78, 5) is 0. The molecule has 1 aromatic heterocycles. The summed E-state index contributed by atoms with van der Waals surface area (Å²) in [5.74, 6) is 0.689. The fourth-order valence-corrected chi connectivity index (χ4v) is 4.62. The van der Waals surface area contributed by atoms with Crippen LogP contribution < -0.4 is 5.73 Å². The smallest absolute Gasteiger partial charge is 0.272 e. The molecule has 0 saturated heterocycles. The van der Waals surface area contributed by atoms with Crippen LogP contribution >= 0.6 is 11.3 Å². The normalized spacial score (nSPS) is 25.5. The van der Waals surface area contributed by atoms with Gasteiger partial charge in [0.2, 0.25) is 9.47 Å². The Bertz CT molecular complexity index is 506. The average Bonchev–Trinajstić information content (AvgIpc) is 2.76. The molecule has 0 radical (unpaired) electrons. The van der Waals surface area contributed by atoms with Crippen molar-refractivity contribution in [2.45, 2.75) is 43.0 Å². The van der Waals surface area contributed by atoms with Crippen molar-refractivity contribution in [1.82, 2.24) is 14.5 Å². The topological polar surface area (TPSA) is 89.2 Å². The number of hydrogen-bond donors (Lipinski definition) is 1. The van der Waals surface area contributed by atoms with Crippen molar-refractivity contribution in [3.8, 4) is 0 Å². The highest BCUT2D eigenvalue weighted by Gasteiger charge is 2.32. The molecule has 2 rings (SSSR count). The summed E-state index contributed by atoms with van der Waals surface area (Å²) in [5.41, 5.74) is 5.43. The molecule has 1 fully saturated rings. The summed E-state index contributed by atoms with van der Waals surface area (Å²) in [7, 11) is -1.92. The van der Waals surface area contributed by atoms with E-state index in [1.165, 1.54) is 4.31 Å². The largest absolute Gasteiger partial charge is 0.374 e. The molecule has 0 bridgehead atoms. The van der Waals surface area contributed by atoms with Gasteiger partial charge in [0.15, 0.2) is 0 Å². The zero-order chi connectivity index (χ0) is 13.3. The summed E-state index contributed by atoms with van der Waals surface area (Å²) in [6.45, 7) is 2.20. The first-order valence-corrected chi connectivity index (χ1v) is 8.24. The second-order valence-electron chi connectivity index (χ2n) is 4.84. The predicted molar refractivity (Wildman–Crippen MR) is 70.7 cm³/mol. The molecule has 1 aliphatic carbocycles. The van der Waals surface area contributed by atoms with Gasteiger partial charge in [0.1, 0.15) is 0 Å². The van der Waals surface area contributed by atoms with E-state index in [0.29, 0.717) is 5.92 Å². The molecule has 1 heterocycles. The maximum absolute atomic E-state index is 12.3. The number of rotatable bonds is 3. The van der Waals surface area contributed by atoms with Gasteiger partial charge < -0.3 is 5.73 Å². The van der Waals surface area contributed by atoms with Crippen molar-refractivity contribution in [2.24, 2.45) is 5.92 Å². The second kappa shape index (κ2) is 5.10. The first kappa shape index (κ1) is 13.7. The Hall–Kier alpha value is -0.730. The van der Waals surface area contributed by atoms with Crippen LogP contribution in [0, 0.1) is 5.92 Å². The van der Waals surface area contributed by atoms with Crippen molar-refractivity contribution in [3.05, 3.63) is 0 Å². The molecule has 1 aromatic rings. The van der Waals surface area contributed by atoms with Gasteiger partial charge >= 0.3 is 0 Å². The summed E-state index contributed by atoms with van der Waals surface area (Å²) in [6, 6.07) is 0.0660. The first-order valence-electron chi connectivity index (χ1n) is 5.98. The minimum atomic E-state index is -3.54. The summed E-state index contributed by atoms with van der Waals surface area (Å²) in [6.07, 6.45) is 3.96. The number of aromatic nitrogens is 2. The van der Waals surface area contributed by atoms with Crippen LogP contribution in [0.2, 0.25) is 0 Å². The van der Waals surface area contributed by atoms with Crippen molar-refractivity contribution in [1.29, 1.82) is 0 Å². The third-order valence-corrected chi connectivity index (χ3v) is 6.53. The van der Waals surface area contributed by atoms with Crippen molar-refractivity contribution in [3.63, 3.8) is 0 Å². The number of hydrogen-bond acceptors (Lipinski definition) is 6. The van der Waals surface area contributed by atoms with E-state index in [4.69, 9.17) is 5.73 Å². The summed E-state index contributed by atoms with van der Waals surface area (Å²) in [5, 5.41) is 7.38. The monoisotopic (exact) mass is 290 g/mol. The fourth-order valence-electron chi connectivity index (χ4n) is 2.25. The van der Waals surface area contributed by atoms with E-state index in [0.717, 1.165) is 37.0 Å². The molecule has 8 heteroatoms. The molecule has 1 saturated carbocycles. The van der Waals surface area contributed by atoms with E-state index < -0.39 is 10.0 Å². The third kappa shape index (κ3) is 2.65.